The molecular formula is C20H21NO4S. The Labute approximate surface area is 156 Å². The number of benzene rings is 1. The Morgan fingerprint density at radius 2 is 2.04 bits per heavy atom. The molecule has 0 N–H and O–H groups in total. The van der Waals surface area contributed by atoms with E-state index < -0.39 is 11.7 Å². The SMILES string of the molecule is CCC(=O)C1CC2C(c3nc4ccccc4s3)=CC1C(=O)C2(OC)OC. The lowest BCUT2D eigenvalue weighted by molar-refractivity contribution is -0.237. The maximum atomic E-state index is 13.1. The van der Waals surface area contributed by atoms with Crippen molar-refractivity contribution in [2.45, 2.75) is 25.6 Å². The fourth-order valence-corrected chi connectivity index (χ4v) is 5.40. The summed E-state index contributed by atoms with van der Waals surface area (Å²) in [6, 6.07) is 7.96. The third kappa shape index (κ3) is 2.32. The molecule has 1 saturated carbocycles. The molecule has 3 unspecified atom stereocenters. The van der Waals surface area contributed by atoms with Gasteiger partial charge in [-0.05, 0) is 24.1 Å². The van der Waals surface area contributed by atoms with Crippen LogP contribution in [0.3, 0.4) is 0 Å². The number of ether oxygens (including phenoxy) is 2. The van der Waals surface area contributed by atoms with Gasteiger partial charge in [-0.2, -0.15) is 0 Å². The average Bonchev–Trinajstić information content (AvgIpc) is 3.12. The van der Waals surface area contributed by atoms with Gasteiger partial charge in [0, 0.05) is 32.5 Å². The fourth-order valence-electron chi connectivity index (χ4n) is 4.35. The molecular weight excluding hydrogens is 350 g/mol. The van der Waals surface area contributed by atoms with E-state index in [1.165, 1.54) is 14.2 Å². The van der Waals surface area contributed by atoms with Gasteiger partial charge < -0.3 is 9.47 Å². The first-order chi connectivity index (χ1) is 12.6. The number of methoxy groups -OCH3 is 2. The molecule has 136 valence electrons. The first-order valence-corrected chi connectivity index (χ1v) is 9.62. The Balaban J connectivity index is 1.85. The molecule has 6 heteroatoms. The monoisotopic (exact) mass is 371 g/mol. The lowest BCUT2D eigenvalue weighted by Crippen LogP contribution is -2.61. The summed E-state index contributed by atoms with van der Waals surface area (Å²) in [5.41, 5.74) is 1.89. The van der Waals surface area contributed by atoms with Crippen LogP contribution in [0.2, 0.25) is 0 Å². The van der Waals surface area contributed by atoms with E-state index in [-0.39, 0.29) is 23.4 Å². The van der Waals surface area contributed by atoms with Gasteiger partial charge in [0.25, 0.3) is 0 Å². The zero-order chi connectivity index (χ0) is 18.5. The molecule has 1 heterocycles. The maximum Gasteiger partial charge on any atom is 0.236 e. The maximum absolute atomic E-state index is 13.1. The number of rotatable bonds is 5. The summed E-state index contributed by atoms with van der Waals surface area (Å²) >= 11 is 1.60. The predicted octanol–water partition coefficient (Wildman–Crippen LogP) is 3.48. The standard InChI is InChI=1S/C20H21NO4S/c1-4-16(22)11-10-14-13(9-12(11)18(23)20(14,24-2)25-3)19-21-15-7-5-6-8-17(15)26-19/h5-9,11-12,14H,4,10H2,1-3H3. The molecule has 26 heavy (non-hydrogen) atoms. The molecule has 2 bridgehead atoms. The summed E-state index contributed by atoms with van der Waals surface area (Å²) in [4.78, 5) is 30.2. The van der Waals surface area contributed by atoms with Crippen molar-refractivity contribution in [3.8, 4) is 0 Å². The van der Waals surface area contributed by atoms with Crippen molar-refractivity contribution in [3.63, 3.8) is 0 Å². The number of Topliss-reactive ketones (excluding diaryl/α,β-unsaturated/α-hetero) is 2. The van der Waals surface area contributed by atoms with Crippen LogP contribution >= 0.6 is 11.3 Å². The largest absolute Gasteiger partial charge is 0.346 e. The minimum absolute atomic E-state index is 0.119. The van der Waals surface area contributed by atoms with Crippen LogP contribution in [0.5, 0.6) is 0 Å². The zero-order valence-electron chi connectivity index (χ0n) is 15.0. The molecule has 0 radical (unpaired) electrons. The lowest BCUT2D eigenvalue weighted by Gasteiger charge is -2.49. The molecule has 5 nitrogen and oxygen atoms in total. The van der Waals surface area contributed by atoms with Crippen LogP contribution in [0.1, 0.15) is 24.8 Å². The highest BCUT2D eigenvalue weighted by Crippen LogP contribution is 2.53. The summed E-state index contributed by atoms with van der Waals surface area (Å²) in [6.07, 6.45) is 2.91. The lowest BCUT2D eigenvalue weighted by atomic mass is 9.60. The van der Waals surface area contributed by atoms with Gasteiger partial charge in [0.15, 0.2) is 5.78 Å². The fraction of sp³-hybridized carbons (Fsp3) is 0.450. The quantitative estimate of drug-likeness (QED) is 0.753. The topological polar surface area (TPSA) is 65.5 Å². The van der Waals surface area contributed by atoms with Gasteiger partial charge in [-0.25, -0.2) is 4.98 Å². The summed E-state index contributed by atoms with van der Waals surface area (Å²) in [5.74, 6) is -2.53. The van der Waals surface area contributed by atoms with Gasteiger partial charge in [0.05, 0.1) is 16.1 Å². The number of aromatic nitrogens is 1. The van der Waals surface area contributed by atoms with Crippen molar-refractivity contribution in [2.24, 2.45) is 17.8 Å². The Bertz CT molecular complexity index is 878. The molecule has 0 spiro atoms. The predicted molar refractivity (Wildman–Crippen MR) is 99.7 cm³/mol. The third-order valence-electron chi connectivity index (χ3n) is 5.67. The van der Waals surface area contributed by atoms with Crippen molar-refractivity contribution < 1.29 is 19.1 Å². The van der Waals surface area contributed by atoms with Gasteiger partial charge in [-0.3, -0.25) is 9.59 Å². The molecule has 3 aliphatic rings. The number of carbonyl (C=O) groups excluding carboxylic acids is 2. The molecule has 3 atom stereocenters. The number of allylic oxidation sites excluding steroid dienone is 1. The molecule has 0 amide bonds. The van der Waals surface area contributed by atoms with Gasteiger partial charge in [0.2, 0.25) is 5.79 Å². The van der Waals surface area contributed by atoms with E-state index >= 15 is 0 Å². The Morgan fingerprint density at radius 3 is 2.69 bits per heavy atom. The summed E-state index contributed by atoms with van der Waals surface area (Å²) in [6.45, 7) is 1.84. The third-order valence-corrected chi connectivity index (χ3v) is 6.76. The number of para-hydroxylation sites is 1. The van der Waals surface area contributed by atoms with E-state index in [1.807, 2.05) is 37.3 Å². The number of ketones is 2. The van der Waals surface area contributed by atoms with Gasteiger partial charge in [0.1, 0.15) is 10.8 Å². The molecule has 1 aromatic heterocycles. The normalized spacial score (nSPS) is 27.0. The molecule has 5 rings (SSSR count). The Kier molecular flexibility index (Phi) is 4.29. The number of carbonyl (C=O) groups is 2. The Morgan fingerprint density at radius 1 is 1.31 bits per heavy atom. The minimum atomic E-state index is -1.34. The molecule has 3 aliphatic carbocycles. The molecule has 1 aromatic carbocycles. The van der Waals surface area contributed by atoms with Crippen molar-refractivity contribution in [1.29, 1.82) is 0 Å². The molecule has 2 aromatic rings. The highest BCUT2D eigenvalue weighted by Gasteiger charge is 2.61. The summed E-state index contributed by atoms with van der Waals surface area (Å²) < 4.78 is 12.3. The smallest absolute Gasteiger partial charge is 0.236 e. The van der Waals surface area contributed by atoms with Crippen molar-refractivity contribution in [1.82, 2.24) is 4.98 Å². The number of thiazole rings is 1. The summed E-state index contributed by atoms with van der Waals surface area (Å²) in [5, 5.41) is 0.870. The van der Waals surface area contributed by atoms with Crippen molar-refractivity contribution in [3.05, 3.63) is 35.3 Å². The van der Waals surface area contributed by atoms with Gasteiger partial charge >= 0.3 is 0 Å². The Hall–Kier alpha value is -1.89. The molecule has 1 fully saturated rings. The number of nitrogens with zero attached hydrogens (tertiary/aromatic N) is 1. The van der Waals surface area contributed by atoms with E-state index in [4.69, 9.17) is 14.5 Å². The second-order valence-electron chi connectivity index (χ2n) is 6.79. The second kappa shape index (κ2) is 6.37. The van der Waals surface area contributed by atoms with Crippen LogP contribution < -0.4 is 0 Å². The van der Waals surface area contributed by atoms with Crippen molar-refractivity contribution in [2.75, 3.05) is 14.2 Å². The van der Waals surface area contributed by atoms with Crippen LogP contribution in [0, 0.1) is 17.8 Å². The van der Waals surface area contributed by atoms with Crippen LogP contribution in [0.15, 0.2) is 30.3 Å². The van der Waals surface area contributed by atoms with E-state index in [0.29, 0.717) is 12.8 Å². The van der Waals surface area contributed by atoms with E-state index in [9.17, 15) is 9.59 Å². The van der Waals surface area contributed by atoms with E-state index in [1.54, 1.807) is 11.3 Å². The molecule has 0 saturated heterocycles. The van der Waals surface area contributed by atoms with Gasteiger partial charge in [-0.1, -0.05) is 25.1 Å². The number of fused-ring (bicyclic) bond motifs is 3. The highest BCUT2D eigenvalue weighted by molar-refractivity contribution is 7.19. The minimum Gasteiger partial charge on any atom is -0.346 e. The first kappa shape index (κ1) is 17.5. The van der Waals surface area contributed by atoms with Crippen molar-refractivity contribution >= 4 is 38.7 Å². The van der Waals surface area contributed by atoms with Crippen LogP contribution in [0.4, 0.5) is 0 Å². The molecule has 0 aliphatic heterocycles. The number of hydrogen-bond donors (Lipinski definition) is 0. The average molecular weight is 371 g/mol. The first-order valence-electron chi connectivity index (χ1n) is 8.80. The van der Waals surface area contributed by atoms with Gasteiger partial charge in [-0.15, -0.1) is 11.3 Å². The van der Waals surface area contributed by atoms with E-state index in [2.05, 4.69) is 0 Å². The van der Waals surface area contributed by atoms with E-state index in [0.717, 1.165) is 20.8 Å². The second-order valence-corrected chi connectivity index (χ2v) is 7.82. The van der Waals surface area contributed by atoms with Crippen LogP contribution in [0.25, 0.3) is 15.8 Å². The van der Waals surface area contributed by atoms with Crippen LogP contribution in [-0.4, -0.2) is 36.6 Å². The zero-order valence-corrected chi connectivity index (χ0v) is 15.8. The van der Waals surface area contributed by atoms with Crippen LogP contribution in [-0.2, 0) is 19.1 Å². The summed E-state index contributed by atoms with van der Waals surface area (Å²) in [7, 11) is 2.99. The highest BCUT2D eigenvalue weighted by atomic mass is 32.1. The number of hydrogen-bond acceptors (Lipinski definition) is 6.